The summed E-state index contributed by atoms with van der Waals surface area (Å²) in [6.45, 7) is 0. The summed E-state index contributed by atoms with van der Waals surface area (Å²) >= 11 is 3.56. The Labute approximate surface area is 230 Å². The number of rotatable bonds is 2. The SMILES string of the molecule is c1ccc(-c2nc(-c3cc4c(nc5ccccn54)c4sc5ccccc5c34)nc3c2sc2ccccc23)cc1. The van der Waals surface area contributed by atoms with Crippen LogP contribution in [0.5, 0.6) is 0 Å². The number of aromatic nitrogens is 4. The molecule has 0 saturated heterocycles. The molecule has 4 aromatic carbocycles. The van der Waals surface area contributed by atoms with Crippen molar-refractivity contribution in [2.75, 3.05) is 0 Å². The fourth-order valence-corrected chi connectivity index (χ4v) is 8.06. The third kappa shape index (κ3) is 3.01. The van der Waals surface area contributed by atoms with Gasteiger partial charge in [0, 0.05) is 42.9 Å². The molecule has 0 aliphatic rings. The number of benzene rings is 4. The standard InChI is InChI=1S/C33H18N4S2/c1-2-10-19(11-3-1)28-32-29(21-13-5-7-15-25(21)39-32)36-33(35-28)22-18-23-30(34-26-16-8-9-17-37(23)26)31-27(22)20-12-4-6-14-24(20)38-31/h1-18H. The lowest BCUT2D eigenvalue weighted by Gasteiger charge is -2.09. The molecule has 5 heterocycles. The van der Waals surface area contributed by atoms with Crippen molar-refractivity contribution in [3.05, 3.63) is 109 Å². The maximum Gasteiger partial charge on any atom is 0.161 e. The van der Waals surface area contributed by atoms with Crippen LogP contribution in [0.1, 0.15) is 0 Å². The molecule has 9 aromatic rings. The van der Waals surface area contributed by atoms with Crippen LogP contribution >= 0.6 is 22.7 Å². The fourth-order valence-electron chi connectivity index (χ4n) is 5.69. The van der Waals surface area contributed by atoms with Crippen molar-refractivity contribution in [1.29, 1.82) is 0 Å². The first kappa shape index (κ1) is 21.3. The molecule has 5 aromatic heterocycles. The molecule has 0 fully saturated rings. The summed E-state index contributed by atoms with van der Waals surface area (Å²) in [5, 5.41) is 3.55. The van der Waals surface area contributed by atoms with E-state index in [4.69, 9.17) is 15.0 Å². The van der Waals surface area contributed by atoms with Gasteiger partial charge in [0.25, 0.3) is 0 Å². The number of nitrogens with zero attached hydrogens (tertiary/aromatic N) is 4. The molecule has 0 unspecified atom stereocenters. The topological polar surface area (TPSA) is 43.1 Å². The van der Waals surface area contributed by atoms with Crippen molar-refractivity contribution in [2.24, 2.45) is 0 Å². The van der Waals surface area contributed by atoms with E-state index in [2.05, 4.69) is 102 Å². The van der Waals surface area contributed by atoms with E-state index in [0.717, 1.165) is 49.5 Å². The van der Waals surface area contributed by atoms with Crippen LogP contribution in [-0.2, 0) is 0 Å². The van der Waals surface area contributed by atoms with E-state index in [1.807, 2.05) is 12.1 Å². The third-order valence-corrected chi connectivity index (χ3v) is 9.78. The highest BCUT2D eigenvalue weighted by Gasteiger charge is 2.22. The lowest BCUT2D eigenvalue weighted by molar-refractivity contribution is 1.22. The monoisotopic (exact) mass is 534 g/mol. The molecular formula is C33H18N4S2. The van der Waals surface area contributed by atoms with Gasteiger partial charge in [-0.2, -0.15) is 0 Å². The molecule has 0 spiro atoms. The van der Waals surface area contributed by atoms with Gasteiger partial charge in [0.2, 0.25) is 0 Å². The van der Waals surface area contributed by atoms with Crippen LogP contribution in [0.25, 0.3) is 79.8 Å². The molecule has 0 aliphatic heterocycles. The minimum atomic E-state index is 0.742. The van der Waals surface area contributed by atoms with Crippen LogP contribution in [0.15, 0.2) is 109 Å². The quantitative estimate of drug-likeness (QED) is 0.222. The van der Waals surface area contributed by atoms with E-state index >= 15 is 0 Å². The van der Waals surface area contributed by atoms with Gasteiger partial charge in [-0.25, -0.2) is 15.0 Å². The second-order valence-electron chi connectivity index (χ2n) is 9.67. The maximum absolute atomic E-state index is 5.32. The minimum absolute atomic E-state index is 0.742. The number of thiophene rings is 2. The second kappa shape index (κ2) is 7.93. The van der Waals surface area contributed by atoms with E-state index in [1.54, 1.807) is 22.7 Å². The Morgan fingerprint density at radius 2 is 1.31 bits per heavy atom. The molecule has 9 rings (SSSR count). The Balaban J connectivity index is 1.49. The normalized spacial score (nSPS) is 12.1. The highest BCUT2D eigenvalue weighted by atomic mass is 32.1. The Morgan fingerprint density at radius 3 is 2.18 bits per heavy atom. The average molecular weight is 535 g/mol. The fraction of sp³-hybridized carbons (Fsp3) is 0. The van der Waals surface area contributed by atoms with E-state index in [-0.39, 0.29) is 0 Å². The summed E-state index contributed by atoms with van der Waals surface area (Å²) in [6, 6.07) is 36.0. The van der Waals surface area contributed by atoms with E-state index in [9.17, 15) is 0 Å². The molecule has 0 radical (unpaired) electrons. The number of pyridine rings is 1. The third-order valence-electron chi connectivity index (χ3n) is 7.44. The number of hydrogen-bond acceptors (Lipinski definition) is 5. The Kier molecular flexibility index (Phi) is 4.33. The molecule has 4 nitrogen and oxygen atoms in total. The molecule has 0 atom stereocenters. The van der Waals surface area contributed by atoms with Gasteiger partial charge < -0.3 is 0 Å². The predicted octanol–water partition coefficient (Wildman–Crippen LogP) is 9.35. The van der Waals surface area contributed by atoms with Crippen molar-refractivity contribution in [1.82, 2.24) is 19.4 Å². The predicted molar refractivity (Wildman–Crippen MR) is 165 cm³/mol. The summed E-state index contributed by atoms with van der Waals surface area (Å²) in [6.07, 6.45) is 2.08. The zero-order valence-corrected chi connectivity index (χ0v) is 22.1. The van der Waals surface area contributed by atoms with Gasteiger partial charge in [0.05, 0.1) is 26.1 Å². The van der Waals surface area contributed by atoms with Crippen LogP contribution in [0.3, 0.4) is 0 Å². The molecule has 39 heavy (non-hydrogen) atoms. The van der Waals surface area contributed by atoms with Crippen LogP contribution in [0.4, 0.5) is 0 Å². The molecule has 0 saturated carbocycles. The summed E-state index contributed by atoms with van der Waals surface area (Å²) in [4.78, 5) is 15.7. The van der Waals surface area contributed by atoms with Crippen molar-refractivity contribution in [3.8, 4) is 22.6 Å². The Bertz CT molecular complexity index is 2400. The summed E-state index contributed by atoms with van der Waals surface area (Å²) in [5.74, 6) is 0.742. The van der Waals surface area contributed by atoms with Gasteiger partial charge >= 0.3 is 0 Å². The van der Waals surface area contributed by atoms with Gasteiger partial charge in [0.15, 0.2) is 5.82 Å². The highest BCUT2D eigenvalue weighted by Crippen LogP contribution is 2.45. The van der Waals surface area contributed by atoms with E-state index < -0.39 is 0 Å². The Hall–Kier alpha value is -4.65. The summed E-state index contributed by atoms with van der Waals surface area (Å²) in [5.41, 5.74) is 7.14. The lowest BCUT2D eigenvalue weighted by Crippen LogP contribution is -1.95. The van der Waals surface area contributed by atoms with E-state index in [1.165, 1.54) is 30.3 Å². The van der Waals surface area contributed by atoms with Crippen molar-refractivity contribution in [2.45, 2.75) is 0 Å². The highest BCUT2D eigenvalue weighted by molar-refractivity contribution is 7.27. The minimum Gasteiger partial charge on any atom is -0.300 e. The first-order valence-electron chi connectivity index (χ1n) is 12.8. The lowest BCUT2D eigenvalue weighted by atomic mass is 10.0. The van der Waals surface area contributed by atoms with Gasteiger partial charge in [-0.3, -0.25) is 4.40 Å². The van der Waals surface area contributed by atoms with Gasteiger partial charge in [-0.15, -0.1) is 22.7 Å². The maximum atomic E-state index is 5.32. The van der Waals surface area contributed by atoms with Crippen molar-refractivity contribution in [3.63, 3.8) is 0 Å². The zero-order chi connectivity index (χ0) is 25.5. The van der Waals surface area contributed by atoms with Crippen LogP contribution in [0, 0.1) is 0 Å². The van der Waals surface area contributed by atoms with Crippen LogP contribution in [0.2, 0.25) is 0 Å². The first-order valence-corrected chi connectivity index (χ1v) is 14.4. The summed E-state index contributed by atoms with van der Waals surface area (Å²) < 4.78 is 6.92. The van der Waals surface area contributed by atoms with Crippen LogP contribution in [-0.4, -0.2) is 19.4 Å². The molecule has 0 aliphatic carbocycles. The number of fused-ring (bicyclic) bond motifs is 10. The molecule has 6 heteroatoms. The number of hydrogen-bond donors (Lipinski definition) is 0. The average Bonchev–Trinajstić information content (AvgIpc) is 3.68. The first-order chi connectivity index (χ1) is 19.3. The van der Waals surface area contributed by atoms with Crippen molar-refractivity contribution < 1.29 is 0 Å². The smallest absolute Gasteiger partial charge is 0.161 e. The number of imidazole rings is 1. The van der Waals surface area contributed by atoms with Crippen molar-refractivity contribution >= 4 is 79.8 Å². The van der Waals surface area contributed by atoms with Crippen LogP contribution < -0.4 is 0 Å². The van der Waals surface area contributed by atoms with Gasteiger partial charge in [-0.1, -0.05) is 72.8 Å². The second-order valence-corrected chi connectivity index (χ2v) is 11.8. The Morgan fingerprint density at radius 1 is 0.590 bits per heavy atom. The largest absolute Gasteiger partial charge is 0.300 e. The molecule has 0 amide bonds. The molecule has 0 N–H and O–H groups in total. The van der Waals surface area contributed by atoms with E-state index in [0.29, 0.717) is 0 Å². The molecular weight excluding hydrogens is 517 g/mol. The molecule has 0 bridgehead atoms. The zero-order valence-electron chi connectivity index (χ0n) is 20.5. The van der Waals surface area contributed by atoms with Gasteiger partial charge in [0.1, 0.15) is 11.2 Å². The molecule has 182 valence electrons. The summed E-state index contributed by atoms with van der Waals surface area (Å²) in [7, 11) is 0. The van der Waals surface area contributed by atoms with Gasteiger partial charge in [-0.05, 0) is 30.3 Å².